The number of hydrogen-bond acceptors (Lipinski definition) is 7. The van der Waals surface area contributed by atoms with Gasteiger partial charge in [0, 0.05) is 5.69 Å². The number of amides is 1. The molecule has 2 aromatic carbocycles. The van der Waals surface area contributed by atoms with E-state index in [2.05, 4.69) is 30.3 Å². The fraction of sp³-hybridized carbons (Fsp3) is 0.222. The number of alkyl halides is 5. The first-order valence-corrected chi connectivity index (χ1v) is 9.65. The average molecular weight is 475 g/mol. The Bertz CT molecular complexity index is 1040. The Kier molecular flexibility index (Phi) is 7.12. The van der Waals surface area contributed by atoms with Gasteiger partial charge < -0.3 is 14.8 Å². The Morgan fingerprint density at radius 2 is 1.69 bits per heavy atom. The quantitative estimate of drug-likeness (QED) is 0.384. The smallest absolute Gasteiger partial charge is 0.435 e. The number of rotatable bonds is 8. The van der Waals surface area contributed by atoms with Gasteiger partial charge in [-0.15, -0.1) is 18.3 Å². The van der Waals surface area contributed by atoms with Crippen LogP contribution in [0.5, 0.6) is 11.5 Å². The second kappa shape index (κ2) is 9.80. The number of tetrazole rings is 1. The van der Waals surface area contributed by atoms with Gasteiger partial charge in [0.25, 0.3) is 0 Å². The minimum Gasteiger partial charge on any atom is -0.435 e. The Morgan fingerprint density at radius 3 is 2.28 bits per heavy atom. The highest BCUT2D eigenvalue weighted by Gasteiger charge is 2.31. The van der Waals surface area contributed by atoms with Gasteiger partial charge in [-0.1, -0.05) is 11.8 Å². The number of carbonyl (C=O) groups is 1. The number of halogens is 5. The molecule has 14 heteroatoms. The molecule has 0 saturated heterocycles. The number of carbonyl (C=O) groups excluding carboxylic acids is 1. The molecule has 3 aromatic rings. The minimum atomic E-state index is -4.81. The lowest BCUT2D eigenvalue weighted by atomic mass is 10.3. The van der Waals surface area contributed by atoms with Gasteiger partial charge in [-0.25, -0.2) is 0 Å². The number of anilines is 1. The van der Waals surface area contributed by atoms with Crippen LogP contribution in [0.4, 0.5) is 27.6 Å². The van der Waals surface area contributed by atoms with Crippen molar-refractivity contribution in [1.82, 2.24) is 20.2 Å². The van der Waals surface area contributed by atoms with E-state index in [-0.39, 0.29) is 10.9 Å². The van der Waals surface area contributed by atoms with Crippen molar-refractivity contribution in [2.75, 3.05) is 5.32 Å². The van der Waals surface area contributed by atoms with Gasteiger partial charge in [0.15, 0.2) is 0 Å². The summed E-state index contributed by atoms with van der Waals surface area (Å²) in [5.74, 6) is -0.867. The van der Waals surface area contributed by atoms with Gasteiger partial charge in [0.2, 0.25) is 11.1 Å². The molecule has 32 heavy (non-hydrogen) atoms. The molecule has 0 radical (unpaired) electrons. The first kappa shape index (κ1) is 23.2. The fourth-order valence-corrected chi connectivity index (χ4v) is 3.19. The number of nitrogens with one attached hydrogen (secondary N) is 1. The first-order valence-electron chi connectivity index (χ1n) is 8.77. The maximum absolute atomic E-state index is 12.4. The van der Waals surface area contributed by atoms with Crippen LogP contribution in [0.2, 0.25) is 0 Å². The molecule has 170 valence electrons. The third-order valence-corrected chi connectivity index (χ3v) is 4.79. The van der Waals surface area contributed by atoms with Crippen LogP contribution in [-0.2, 0) is 4.79 Å². The molecule has 0 fully saturated rings. The summed E-state index contributed by atoms with van der Waals surface area (Å²) in [4.78, 5) is 12.4. The molecule has 0 aliphatic carbocycles. The summed E-state index contributed by atoms with van der Waals surface area (Å²) in [7, 11) is 0. The molecule has 3 rings (SSSR count). The summed E-state index contributed by atoms with van der Waals surface area (Å²) < 4.78 is 70.6. The van der Waals surface area contributed by atoms with E-state index >= 15 is 0 Å². The number of nitrogens with zero attached hydrogens (tertiary/aromatic N) is 4. The highest BCUT2D eigenvalue weighted by Crippen LogP contribution is 2.27. The van der Waals surface area contributed by atoms with Gasteiger partial charge in [0.1, 0.15) is 11.5 Å². The van der Waals surface area contributed by atoms with Crippen molar-refractivity contribution in [3.63, 3.8) is 0 Å². The molecule has 0 saturated carbocycles. The minimum absolute atomic E-state index is 0.0498. The van der Waals surface area contributed by atoms with Crippen molar-refractivity contribution >= 4 is 23.4 Å². The third kappa shape index (κ3) is 6.54. The van der Waals surface area contributed by atoms with E-state index < -0.39 is 29.9 Å². The molecule has 0 spiro atoms. The second-order valence-corrected chi connectivity index (χ2v) is 7.38. The lowest BCUT2D eigenvalue weighted by Gasteiger charge is -2.13. The molecule has 1 amide bonds. The van der Waals surface area contributed by atoms with Crippen LogP contribution >= 0.6 is 11.8 Å². The Labute approximate surface area is 181 Å². The fourth-order valence-electron chi connectivity index (χ4n) is 2.38. The highest BCUT2D eigenvalue weighted by atomic mass is 32.2. The summed E-state index contributed by atoms with van der Waals surface area (Å²) in [6, 6.07) is 10.2. The van der Waals surface area contributed by atoms with Crippen LogP contribution in [0.3, 0.4) is 0 Å². The van der Waals surface area contributed by atoms with E-state index in [1.807, 2.05) is 0 Å². The number of benzene rings is 2. The molecule has 1 atom stereocenters. The van der Waals surface area contributed by atoms with Crippen molar-refractivity contribution in [1.29, 1.82) is 0 Å². The Morgan fingerprint density at radius 1 is 1.06 bits per heavy atom. The average Bonchev–Trinajstić information content (AvgIpc) is 3.16. The SMILES string of the molecule is CC(Sc1nnnn1-c1ccc(OC(F)(F)F)cc1)C(=O)Nc1ccc(OC(F)F)cc1. The summed E-state index contributed by atoms with van der Waals surface area (Å²) >= 11 is 1.00. The molecular formula is C18H14F5N5O3S. The van der Waals surface area contributed by atoms with Crippen LogP contribution in [-0.4, -0.2) is 44.3 Å². The number of hydrogen-bond donors (Lipinski definition) is 1. The van der Waals surface area contributed by atoms with Crippen LogP contribution < -0.4 is 14.8 Å². The lowest BCUT2D eigenvalue weighted by molar-refractivity contribution is -0.274. The van der Waals surface area contributed by atoms with Gasteiger partial charge in [-0.05, 0) is 65.9 Å². The van der Waals surface area contributed by atoms with Crippen LogP contribution in [0.25, 0.3) is 5.69 Å². The Balaban J connectivity index is 1.63. The zero-order valence-electron chi connectivity index (χ0n) is 16.1. The molecule has 1 aromatic heterocycles. The van der Waals surface area contributed by atoms with Crippen LogP contribution in [0, 0.1) is 0 Å². The number of ether oxygens (including phenoxy) is 2. The number of thioether (sulfide) groups is 1. The predicted octanol–water partition coefficient (Wildman–Crippen LogP) is 4.28. The number of aromatic nitrogens is 4. The van der Waals surface area contributed by atoms with E-state index in [1.165, 1.54) is 41.1 Å². The molecule has 0 aliphatic rings. The third-order valence-electron chi connectivity index (χ3n) is 3.75. The second-order valence-electron chi connectivity index (χ2n) is 6.07. The summed E-state index contributed by atoms with van der Waals surface area (Å²) in [6.45, 7) is -1.36. The van der Waals surface area contributed by atoms with Gasteiger partial charge in [-0.2, -0.15) is 13.5 Å². The van der Waals surface area contributed by atoms with E-state index in [0.717, 1.165) is 23.9 Å². The van der Waals surface area contributed by atoms with E-state index in [0.29, 0.717) is 11.4 Å². The molecule has 1 unspecified atom stereocenters. The first-order chi connectivity index (χ1) is 15.1. The molecule has 1 N–H and O–H groups in total. The van der Waals surface area contributed by atoms with E-state index in [1.54, 1.807) is 6.92 Å². The summed E-state index contributed by atoms with van der Waals surface area (Å²) in [5, 5.41) is 13.3. The summed E-state index contributed by atoms with van der Waals surface area (Å²) in [5.41, 5.74) is 0.721. The zero-order chi connectivity index (χ0) is 23.3. The molecule has 1 heterocycles. The summed E-state index contributed by atoms with van der Waals surface area (Å²) in [6.07, 6.45) is -4.81. The molecule has 8 nitrogen and oxygen atoms in total. The van der Waals surface area contributed by atoms with Crippen LogP contribution in [0.1, 0.15) is 6.92 Å². The maximum atomic E-state index is 12.4. The van der Waals surface area contributed by atoms with Crippen molar-refractivity contribution in [2.45, 2.75) is 30.3 Å². The lowest BCUT2D eigenvalue weighted by Crippen LogP contribution is -2.23. The monoisotopic (exact) mass is 475 g/mol. The van der Waals surface area contributed by atoms with E-state index in [9.17, 15) is 26.7 Å². The van der Waals surface area contributed by atoms with Crippen LogP contribution in [0.15, 0.2) is 53.7 Å². The normalized spacial score (nSPS) is 12.5. The molecular weight excluding hydrogens is 461 g/mol. The highest BCUT2D eigenvalue weighted by molar-refractivity contribution is 8.00. The predicted molar refractivity (Wildman–Crippen MR) is 103 cm³/mol. The van der Waals surface area contributed by atoms with Gasteiger partial charge in [0.05, 0.1) is 10.9 Å². The van der Waals surface area contributed by atoms with Crippen molar-refractivity contribution in [2.24, 2.45) is 0 Å². The zero-order valence-corrected chi connectivity index (χ0v) is 16.9. The molecule has 0 aliphatic heterocycles. The maximum Gasteiger partial charge on any atom is 0.573 e. The van der Waals surface area contributed by atoms with Gasteiger partial charge >= 0.3 is 13.0 Å². The van der Waals surface area contributed by atoms with Crippen molar-refractivity contribution in [3.8, 4) is 17.2 Å². The van der Waals surface area contributed by atoms with E-state index in [4.69, 9.17) is 0 Å². The topological polar surface area (TPSA) is 91.2 Å². The van der Waals surface area contributed by atoms with Crippen molar-refractivity contribution < 1.29 is 36.2 Å². The largest absolute Gasteiger partial charge is 0.573 e. The van der Waals surface area contributed by atoms with Crippen molar-refractivity contribution in [3.05, 3.63) is 48.5 Å². The standard InChI is InChI=1S/C18H14F5N5O3S/c1-10(15(29)24-11-2-6-13(7-3-11)30-16(19)20)32-17-25-26-27-28(17)12-4-8-14(9-5-12)31-18(21,22)23/h2-10,16H,1H3,(H,24,29). The Hall–Kier alpha value is -3.42. The van der Waals surface area contributed by atoms with Gasteiger partial charge in [-0.3, -0.25) is 4.79 Å². The molecule has 0 bridgehead atoms.